The van der Waals surface area contributed by atoms with E-state index in [1.807, 2.05) is 0 Å². The van der Waals surface area contributed by atoms with Crippen molar-refractivity contribution in [1.29, 1.82) is 5.26 Å². The van der Waals surface area contributed by atoms with Crippen LogP contribution in [0.15, 0.2) is 6.07 Å². The second-order valence-electron chi connectivity index (χ2n) is 2.66. The molecule has 0 amide bonds. The molecule has 84 valence electrons. The fourth-order valence-corrected chi connectivity index (χ4v) is 1.61. The van der Waals surface area contributed by atoms with E-state index >= 15 is 0 Å². The monoisotopic (exact) mass is 338 g/mol. The van der Waals surface area contributed by atoms with Crippen LogP contribution in [-0.4, -0.2) is 18.1 Å². The zero-order chi connectivity index (χ0) is 12.3. The smallest absolute Gasteiger partial charge is 0.339 e. The van der Waals surface area contributed by atoms with Gasteiger partial charge >= 0.3 is 5.97 Å². The zero-order valence-electron chi connectivity index (χ0n) is 8.00. The highest BCUT2D eigenvalue weighted by atomic mass is 127. The number of pyridine rings is 1. The number of methoxy groups -OCH3 is 1. The third-order valence-corrected chi connectivity index (χ3v) is 2.80. The van der Waals surface area contributed by atoms with Gasteiger partial charge in [0.05, 0.1) is 16.2 Å². The molecule has 1 aromatic heterocycles. The van der Waals surface area contributed by atoms with Gasteiger partial charge in [0.2, 0.25) is 0 Å². The number of carbonyl (C=O) groups excluding carboxylic acids is 1. The van der Waals surface area contributed by atoms with Crippen LogP contribution in [0.2, 0.25) is 0 Å². The molecule has 0 fully saturated rings. The number of ether oxygens (including phenoxy) is 1. The van der Waals surface area contributed by atoms with Gasteiger partial charge < -0.3 is 4.74 Å². The summed E-state index contributed by atoms with van der Waals surface area (Å²) in [6.45, 7) is 0. The lowest BCUT2D eigenvalue weighted by Crippen LogP contribution is -2.09. The largest absolute Gasteiger partial charge is 0.465 e. The molecule has 0 aliphatic carbocycles. The predicted octanol–water partition coefficient (Wildman–Crippen LogP) is 2.28. The molecular formula is C9H5F2IN2O2. The summed E-state index contributed by atoms with van der Waals surface area (Å²) >= 11 is 1.69. The molecule has 1 rings (SSSR count). The molecule has 0 aliphatic heterocycles. The molecule has 0 radical (unpaired) electrons. The third-order valence-electron chi connectivity index (χ3n) is 1.71. The van der Waals surface area contributed by atoms with Crippen molar-refractivity contribution < 1.29 is 18.3 Å². The van der Waals surface area contributed by atoms with Gasteiger partial charge in [-0.3, -0.25) is 0 Å². The Bertz CT molecular complexity index is 471. The average Bonchev–Trinajstić information content (AvgIpc) is 2.28. The molecule has 0 bridgehead atoms. The molecule has 16 heavy (non-hydrogen) atoms. The van der Waals surface area contributed by atoms with Gasteiger partial charge in [0.25, 0.3) is 6.43 Å². The number of esters is 1. The van der Waals surface area contributed by atoms with Crippen molar-refractivity contribution in [2.75, 3.05) is 7.11 Å². The van der Waals surface area contributed by atoms with Crippen LogP contribution in [0.25, 0.3) is 0 Å². The van der Waals surface area contributed by atoms with Crippen molar-refractivity contribution >= 4 is 28.6 Å². The summed E-state index contributed by atoms with van der Waals surface area (Å²) in [4.78, 5) is 14.7. The van der Waals surface area contributed by atoms with Crippen molar-refractivity contribution in [3.8, 4) is 6.07 Å². The van der Waals surface area contributed by atoms with Gasteiger partial charge in [-0.1, -0.05) is 0 Å². The average molecular weight is 338 g/mol. The maximum absolute atomic E-state index is 12.4. The Hall–Kier alpha value is -1.30. The van der Waals surface area contributed by atoms with Gasteiger partial charge in [-0.25, -0.2) is 18.6 Å². The second-order valence-corrected chi connectivity index (χ2v) is 3.74. The molecule has 4 nitrogen and oxygen atoms in total. The van der Waals surface area contributed by atoms with Crippen LogP contribution in [0.3, 0.4) is 0 Å². The molecule has 0 spiro atoms. The molecule has 1 aromatic rings. The minimum Gasteiger partial charge on any atom is -0.465 e. The summed E-state index contributed by atoms with van der Waals surface area (Å²) in [7, 11) is 1.13. The number of hydrogen-bond acceptors (Lipinski definition) is 4. The topological polar surface area (TPSA) is 63.0 Å². The molecular weight excluding hydrogens is 333 g/mol. The summed E-state index contributed by atoms with van der Waals surface area (Å²) in [6, 6.07) is 2.58. The minimum atomic E-state index is -2.84. The number of nitriles is 1. The van der Waals surface area contributed by atoms with Crippen LogP contribution in [-0.2, 0) is 4.74 Å². The third kappa shape index (κ3) is 2.44. The molecule has 0 atom stereocenters. The highest BCUT2D eigenvalue weighted by Gasteiger charge is 2.20. The van der Waals surface area contributed by atoms with Gasteiger partial charge in [0.1, 0.15) is 11.8 Å². The predicted molar refractivity (Wildman–Crippen MR) is 58.0 cm³/mol. The van der Waals surface area contributed by atoms with Crippen molar-refractivity contribution in [3.63, 3.8) is 0 Å². The van der Waals surface area contributed by atoms with Crippen molar-refractivity contribution in [2.45, 2.75) is 6.43 Å². The molecule has 0 aliphatic rings. The minimum absolute atomic E-state index is 0.0787. The Balaban J connectivity index is 3.43. The lowest BCUT2D eigenvalue weighted by atomic mass is 10.2. The molecule has 0 N–H and O–H groups in total. The second kappa shape index (κ2) is 5.16. The highest BCUT2D eigenvalue weighted by molar-refractivity contribution is 14.1. The van der Waals surface area contributed by atoms with E-state index in [0.29, 0.717) is 0 Å². The Morgan fingerprint density at radius 3 is 2.75 bits per heavy atom. The fraction of sp³-hybridized carbons (Fsp3) is 0.222. The number of nitrogens with zero attached hydrogens (tertiary/aromatic N) is 2. The van der Waals surface area contributed by atoms with Crippen LogP contribution >= 0.6 is 22.6 Å². The number of hydrogen-bond donors (Lipinski definition) is 0. The van der Waals surface area contributed by atoms with E-state index in [4.69, 9.17) is 5.26 Å². The number of rotatable bonds is 2. The summed E-state index contributed by atoms with van der Waals surface area (Å²) in [5.74, 6) is -0.773. The van der Waals surface area contributed by atoms with Gasteiger partial charge in [-0.15, -0.1) is 0 Å². The number of alkyl halides is 2. The van der Waals surface area contributed by atoms with E-state index in [9.17, 15) is 13.6 Å². The van der Waals surface area contributed by atoms with Crippen LogP contribution < -0.4 is 0 Å². The van der Waals surface area contributed by atoms with E-state index < -0.39 is 18.1 Å². The fourth-order valence-electron chi connectivity index (χ4n) is 0.994. The molecule has 0 saturated heterocycles. The van der Waals surface area contributed by atoms with E-state index in [0.717, 1.165) is 13.2 Å². The number of halogens is 3. The van der Waals surface area contributed by atoms with Gasteiger partial charge in [-0.05, 0) is 28.7 Å². The summed E-state index contributed by atoms with van der Waals surface area (Å²) in [5, 5.41) is 8.69. The molecule has 0 unspecified atom stereocenters. The quantitative estimate of drug-likeness (QED) is 0.613. The first-order valence-electron chi connectivity index (χ1n) is 3.98. The number of carbonyl (C=O) groups is 1. The Labute approximate surface area is 103 Å². The van der Waals surface area contributed by atoms with E-state index in [1.54, 1.807) is 28.7 Å². The van der Waals surface area contributed by atoms with Crippen LogP contribution in [0.1, 0.15) is 28.2 Å². The standard InChI is InChI=1S/C9H5F2IN2O2/c1-16-9(15)4-2-5(8(10)11)14-6(3-13)7(4)12/h2,8H,1H3. The van der Waals surface area contributed by atoms with Crippen molar-refractivity contribution in [2.24, 2.45) is 0 Å². The maximum atomic E-state index is 12.4. The molecule has 1 heterocycles. The lowest BCUT2D eigenvalue weighted by molar-refractivity contribution is 0.0598. The Morgan fingerprint density at radius 1 is 1.69 bits per heavy atom. The van der Waals surface area contributed by atoms with E-state index in [2.05, 4.69) is 9.72 Å². The first-order chi connectivity index (χ1) is 7.51. The summed E-state index contributed by atoms with van der Waals surface area (Å²) < 4.78 is 29.5. The van der Waals surface area contributed by atoms with Crippen molar-refractivity contribution in [3.05, 3.63) is 26.6 Å². The molecule has 7 heteroatoms. The van der Waals surface area contributed by atoms with Crippen LogP contribution in [0.4, 0.5) is 8.78 Å². The van der Waals surface area contributed by atoms with Crippen molar-refractivity contribution in [1.82, 2.24) is 4.98 Å². The van der Waals surface area contributed by atoms with Gasteiger partial charge in [0.15, 0.2) is 5.69 Å². The number of aromatic nitrogens is 1. The maximum Gasteiger partial charge on any atom is 0.339 e. The molecule has 0 aromatic carbocycles. The molecule has 0 saturated carbocycles. The SMILES string of the molecule is COC(=O)c1cc(C(F)F)nc(C#N)c1I. The van der Waals surface area contributed by atoms with E-state index in [1.165, 1.54) is 0 Å². The first-order valence-corrected chi connectivity index (χ1v) is 5.06. The summed E-state index contributed by atoms with van der Waals surface area (Å²) in [5.41, 5.74) is -0.902. The van der Waals surface area contributed by atoms with Gasteiger partial charge in [-0.2, -0.15) is 5.26 Å². The van der Waals surface area contributed by atoms with E-state index in [-0.39, 0.29) is 14.8 Å². The van der Waals surface area contributed by atoms with Gasteiger partial charge in [0, 0.05) is 0 Å². The normalized spacial score (nSPS) is 10.0. The lowest BCUT2D eigenvalue weighted by Gasteiger charge is -2.06. The Kier molecular flexibility index (Phi) is 4.12. The van der Waals surface area contributed by atoms with Crippen LogP contribution in [0, 0.1) is 14.9 Å². The summed E-state index contributed by atoms with van der Waals surface area (Å²) in [6.07, 6.45) is -2.84. The first kappa shape index (κ1) is 12.8. The highest BCUT2D eigenvalue weighted by Crippen LogP contribution is 2.23. The zero-order valence-corrected chi connectivity index (χ0v) is 10.2. The van der Waals surface area contributed by atoms with Crippen LogP contribution in [0.5, 0.6) is 0 Å². The Morgan fingerprint density at radius 2 is 2.31 bits per heavy atom.